The van der Waals surface area contributed by atoms with Crippen LogP contribution >= 0.6 is 11.6 Å². The molecule has 0 atom stereocenters. The van der Waals surface area contributed by atoms with E-state index < -0.39 is 0 Å². The average Bonchev–Trinajstić information content (AvgIpc) is 2.75. The van der Waals surface area contributed by atoms with E-state index in [4.69, 9.17) is 11.6 Å². The molecule has 0 fully saturated rings. The topological polar surface area (TPSA) is 12.4 Å². The zero-order chi connectivity index (χ0) is 13.0. The molecule has 0 unspecified atom stereocenters. The molecule has 0 N–H and O–H groups in total. The van der Waals surface area contributed by atoms with Crippen molar-refractivity contribution in [2.24, 2.45) is 4.99 Å². The predicted octanol–water partition coefficient (Wildman–Crippen LogP) is 4.21. The van der Waals surface area contributed by atoms with Crippen LogP contribution in [-0.2, 0) is 0 Å². The summed E-state index contributed by atoms with van der Waals surface area (Å²) in [6.45, 7) is 6.65. The molecule has 1 aromatic carbocycles. The van der Waals surface area contributed by atoms with Crippen molar-refractivity contribution in [3.8, 4) is 0 Å². The highest BCUT2D eigenvalue weighted by atomic mass is 35.5. The number of benzene rings is 1. The van der Waals surface area contributed by atoms with Crippen LogP contribution in [0.3, 0.4) is 0 Å². The summed E-state index contributed by atoms with van der Waals surface area (Å²) in [6, 6.07) is 7.99. The van der Waals surface area contributed by atoms with Crippen molar-refractivity contribution < 1.29 is 4.48 Å². The van der Waals surface area contributed by atoms with Gasteiger partial charge in [-0.1, -0.05) is 25.4 Å². The average molecular weight is 264 g/mol. The molecule has 1 heterocycles. The number of quaternary nitrogens is 1. The van der Waals surface area contributed by atoms with Gasteiger partial charge in [-0.05, 0) is 37.1 Å². The second kappa shape index (κ2) is 5.68. The van der Waals surface area contributed by atoms with Gasteiger partial charge in [-0.15, -0.1) is 0 Å². The van der Waals surface area contributed by atoms with Gasteiger partial charge < -0.3 is 0 Å². The molecule has 96 valence electrons. The lowest BCUT2D eigenvalue weighted by Crippen LogP contribution is -2.48. The molecule has 1 aromatic rings. The van der Waals surface area contributed by atoms with Crippen LogP contribution in [0.4, 0.5) is 0 Å². The van der Waals surface area contributed by atoms with Crippen molar-refractivity contribution in [2.75, 3.05) is 13.1 Å². The summed E-state index contributed by atoms with van der Waals surface area (Å²) >= 11 is 5.95. The molecular formula is C15H20ClN2+. The van der Waals surface area contributed by atoms with Gasteiger partial charge in [0, 0.05) is 5.02 Å². The van der Waals surface area contributed by atoms with E-state index in [0.29, 0.717) is 0 Å². The van der Waals surface area contributed by atoms with Crippen LogP contribution in [0.2, 0.25) is 5.02 Å². The SMILES string of the molecule is CCC[N+]1(CCC)C=CN=C1c1ccc(Cl)cc1. The Labute approximate surface area is 114 Å². The molecular weight excluding hydrogens is 244 g/mol. The first-order valence-corrected chi connectivity index (χ1v) is 6.98. The molecule has 1 aliphatic rings. The molecule has 0 radical (unpaired) electrons. The zero-order valence-corrected chi connectivity index (χ0v) is 11.8. The fourth-order valence-corrected chi connectivity index (χ4v) is 2.74. The molecule has 0 saturated carbocycles. The van der Waals surface area contributed by atoms with E-state index in [1.165, 1.54) is 5.56 Å². The number of aliphatic imine (C=N–C) groups is 1. The Hall–Kier alpha value is -1.12. The van der Waals surface area contributed by atoms with E-state index in [2.05, 4.69) is 37.2 Å². The lowest BCUT2D eigenvalue weighted by Gasteiger charge is -2.31. The van der Waals surface area contributed by atoms with E-state index >= 15 is 0 Å². The third-order valence-electron chi connectivity index (χ3n) is 3.32. The fraction of sp³-hybridized carbons (Fsp3) is 0.400. The van der Waals surface area contributed by atoms with E-state index in [0.717, 1.165) is 41.3 Å². The number of rotatable bonds is 5. The third-order valence-corrected chi connectivity index (χ3v) is 3.57. The van der Waals surface area contributed by atoms with Gasteiger partial charge >= 0.3 is 0 Å². The van der Waals surface area contributed by atoms with Crippen molar-refractivity contribution in [3.05, 3.63) is 47.3 Å². The number of hydrogen-bond donors (Lipinski definition) is 0. The molecule has 2 nitrogen and oxygen atoms in total. The molecule has 0 aliphatic carbocycles. The highest BCUT2D eigenvalue weighted by Crippen LogP contribution is 2.24. The molecule has 0 aromatic heterocycles. The maximum absolute atomic E-state index is 5.95. The lowest BCUT2D eigenvalue weighted by atomic mass is 10.1. The Bertz CT molecular complexity index is 454. The van der Waals surface area contributed by atoms with Gasteiger partial charge in [0.25, 0.3) is 0 Å². The largest absolute Gasteiger partial charge is 0.247 e. The summed E-state index contributed by atoms with van der Waals surface area (Å²) < 4.78 is 0.870. The summed E-state index contributed by atoms with van der Waals surface area (Å²) in [7, 11) is 0. The first-order valence-electron chi connectivity index (χ1n) is 6.60. The van der Waals surface area contributed by atoms with Crippen molar-refractivity contribution >= 4 is 17.4 Å². The lowest BCUT2D eigenvalue weighted by molar-refractivity contribution is -0.785. The number of amidine groups is 1. The molecule has 0 bridgehead atoms. The zero-order valence-electron chi connectivity index (χ0n) is 11.1. The smallest absolute Gasteiger partial charge is 0.239 e. The first kappa shape index (κ1) is 13.3. The molecule has 0 amide bonds. The summed E-state index contributed by atoms with van der Waals surface area (Å²) in [5.41, 5.74) is 1.17. The number of hydrogen-bond acceptors (Lipinski definition) is 1. The predicted molar refractivity (Wildman–Crippen MR) is 77.7 cm³/mol. The van der Waals surface area contributed by atoms with Crippen LogP contribution in [0.1, 0.15) is 32.3 Å². The Morgan fingerprint density at radius 1 is 1.06 bits per heavy atom. The van der Waals surface area contributed by atoms with Crippen LogP contribution < -0.4 is 0 Å². The Morgan fingerprint density at radius 2 is 1.67 bits per heavy atom. The summed E-state index contributed by atoms with van der Waals surface area (Å²) in [6.07, 6.45) is 6.46. The van der Waals surface area contributed by atoms with Crippen LogP contribution in [0.15, 0.2) is 41.7 Å². The molecule has 3 heteroatoms. The number of halogens is 1. The minimum atomic E-state index is 0.773. The van der Waals surface area contributed by atoms with E-state index in [-0.39, 0.29) is 0 Å². The van der Waals surface area contributed by atoms with Crippen molar-refractivity contribution in [1.82, 2.24) is 0 Å². The Balaban J connectivity index is 2.34. The third kappa shape index (κ3) is 2.50. The normalized spacial score (nSPS) is 16.9. The molecule has 1 aliphatic heterocycles. The van der Waals surface area contributed by atoms with Crippen molar-refractivity contribution in [2.45, 2.75) is 26.7 Å². The van der Waals surface area contributed by atoms with Gasteiger partial charge in [0.2, 0.25) is 5.84 Å². The molecule has 2 rings (SSSR count). The summed E-state index contributed by atoms with van der Waals surface area (Å²) in [5, 5.41) is 0.773. The second-order valence-electron chi connectivity index (χ2n) is 4.74. The van der Waals surface area contributed by atoms with E-state index in [1.807, 2.05) is 18.3 Å². The minimum absolute atomic E-state index is 0.773. The standard InChI is InChI=1S/C15H20ClN2/c1-3-10-18(11-4-2)12-9-17-15(18)13-5-7-14(16)8-6-13/h5-9,12H,3-4,10-11H2,1-2H3/q+1. The fourth-order valence-electron chi connectivity index (χ4n) is 2.62. The van der Waals surface area contributed by atoms with Crippen LogP contribution in [0.25, 0.3) is 0 Å². The van der Waals surface area contributed by atoms with Crippen molar-refractivity contribution in [1.29, 1.82) is 0 Å². The molecule has 18 heavy (non-hydrogen) atoms. The van der Waals surface area contributed by atoms with Crippen molar-refractivity contribution in [3.63, 3.8) is 0 Å². The quantitative estimate of drug-likeness (QED) is 0.706. The number of nitrogens with zero attached hydrogens (tertiary/aromatic N) is 2. The summed E-state index contributed by atoms with van der Waals surface area (Å²) in [5.74, 6) is 1.15. The highest BCUT2D eigenvalue weighted by molar-refractivity contribution is 6.30. The van der Waals surface area contributed by atoms with Gasteiger partial charge in [-0.3, -0.25) is 0 Å². The molecule has 0 saturated heterocycles. The minimum Gasteiger partial charge on any atom is -0.247 e. The van der Waals surface area contributed by atoms with Crippen LogP contribution in [0, 0.1) is 0 Å². The van der Waals surface area contributed by atoms with Gasteiger partial charge in [0.15, 0.2) is 0 Å². The van der Waals surface area contributed by atoms with Gasteiger partial charge in [-0.25, -0.2) is 4.48 Å². The molecule has 0 spiro atoms. The highest BCUT2D eigenvalue weighted by Gasteiger charge is 2.34. The maximum atomic E-state index is 5.95. The maximum Gasteiger partial charge on any atom is 0.239 e. The van der Waals surface area contributed by atoms with Gasteiger partial charge in [0.1, 0.15) is 6.20 Å². The summed E-state index contributed by atoms with van der Waals surface area (Å²) in [4.78, 5) is 4.59. The van der Waals surface area contributed by atoms with Crippen LogP contribution in [-0.4, -0.2) is 23.4 Å². The van der Waals surface area contributed by atoms with Gasteiger partial charge in [0.05, 0.1) is 24.9 Å². The van der Waals surface area contributed by atoms with E-state index in [1.54, 1.807) is 0 Å². The van der Waals surface area contributed by atoms with Gasteiger partial charge in [-0.2, -0.15) is 4.99 Å². The first-order chi connectivity index (χ1) is 8.72. The Kier molecular flexibility index (Phi) is 4.20. The Morgan fingerprint density at radius 3 is 2.22 bits per heavy atom. The second-order valence-corrected chi connectivity index (χ2v) is 5.18. The van der Waals surface area contributed by atoms with Crippen LogP contribution in [0.5, 0.6) is 0 Å². The van der Waals surface area contributed by atoms with E-state index in [9.17, 15) is 0 Å². The monoisotopic (exact) mass is 263 g/mol.